The van der Waals surface area contributed by atoms with E-state index in [1.807, 2.05) is 0 Å². The first-order valence-corrected chi connectivity index (χ1v) is 9.15. The summed E-state index contributed by atoms with van der Waals surface area (Å²) >= 11 is 0. The fourth-order valence-electron chi connectivity index (χ4n) is 3.38. The van der Waals surface area contributed by atoms with E-state index in [0.29, 0.717) is 28.2 Å². The molecule has 0 radical (unpaired) electrons. The number of aromatic nitrogens is 2. The van der Waals surface area contributed by atoms with Crippen molar-refractivity contribution in [3.05, 3.63) is 65.7 Å². The van der Waals surface area contributed by atoms with Crippen LogP contribution in [0.3, 0.4) is 0 Å². The van der Waals surface area contributed by atoms with Gasteiger partial charge in [-0.15, -0.1) is 0 Å². The number of fused-ring (bicyclic) bond motifs is 1. The van der Waals surface area contributed by atoms with Crippen molar-refractivity contribution in [3.8, 4) is 5.75 Å². The highest BCUT2D eigenvalue weighted by Crippen LogP contribution is 2.28. The molecule has 5 N–H and O–H groups in total. The fourth-order valence-corrected chi connectivity index (χ4v) is 3.38. The molecule has 8 nitrogen and oxygen atoms in total. The van der Waals surface area contributed by atoms with E-state index < -0.39 is 18.2 Å². The largest absolute Gasteiger partial charge is 0.435 e. The van der Waals surface area contributed by atoms with Crippen molar-refractivity contribution < 1.29 is 22.6 Å². The van der Waals surface area contributed by atoms with Crippen molar-refractivity contribution in [2.24, 2.45) is 16.5 Å². The van der Waals surface area contributed by atoms with Crippen LogP contribution >= 0.6 is 0 Å². The SMILES string of the molecule is COCc1nc2ccc(F)cc2n1C1=CC(N)=NC(N)(c2ccc(OC(F)F)cc2)N1. The molecule has 2 aromatic carbocycles. The first-order chi connectivity index (χ1) is 14.8. The van der Waals surface area contributed by atoms with E-state index in [1.165, 1.54) is 49.6 Å². The lowest BCUT2D eigenvalue weighted by molar-refractivity contribution is -0.0498. The summed E-state index contributed by atoms with van der Waals surface area (Å²) in [7, 11) is 1.51. The molecule has 0 saturated carbocycles. The molecule has 1 aromatic heterocycles. The van der Waals surface area contributed by atoms with Crippen LogP contribution in [0.5, 0.6) is 5.75 Å². The minimum atomic E-state index is -2.94. The highest BCUT2D eigenvalue weighted by Gasteiger charge is 2.32. The Morgan fingerprint density at radius 3 is 2.61 bits per heavy atom. The van der Waals surface area contributed by atoms with Crippen LogP contribution in [0.4, 0.5) is 13.2 Å². The molecule has 0 fully saturated rings. The zero-order valence-corrected chi connectivity index (χ0v) is 16.3. The third-order valence-corrected chi connectivity index (χ3v) is 4.63. The molecule has 2 heterocycles. The number of hydrogen-bond donors (Lipinski definition) is 3. The van der Waals surface area contributed by atoms with Crippen LogP contribution < -0.4 is 21.5 Å². The molecule has 11 heteroatoms. The predicted molar refractivity (Wildman–Crippen MR) is 108 cm³/mol. The molecule has 162 valence electrons. The van der Waals surface area contributed by atoms with Gasteiger partial charge in [0.15, 0.2) is 0 Å². The summed E-state index contributed by atoms with van der Waals surface area (Å²) in [4.78, 5) is 8.75. The third kappa shape index (κ3) is 4.05. The molecular formula is C20H19F3N6O2. The molecule has 1 aliphatic heterocycles. The van der Waals surface area contributed by atoms with Crippen LogP contribution in [0.2, 0.25) is 0 Å². The number of ether oxygens (including phenoxy) is 2. The molecule has 4 rings (SSSR count). The summed E-state index contributed by atoms with van der Waals surface area (Å²) in [6.07, 6.45) is 1.53. The van der Waals surface area contributed by atoms with Crippen LogP contribution in [-0.2, 0) is 17.1 Å². The number of rotatable bonds is 6. The van der Waals surface area contributed by atoms with Crippen molar-refractivity contribution in [1.29, 1.82) is 0 Å². The number of imidazole rings is 1. The Labute approximate surface area is 175 Å². The Hall–Kier alpha value is -3.57. The van der Waals surface area contributed by atoms with Gasteiger partial charge in [0.05, 0.1) is 11.0 Å². The fraction of sp³-hybridized carbons (Fsp3) is 0.200. The maximum Gasteiger partial charge on any atom is 0.387 e. The molecular weight excluding hydrogens is 413 g/mol. The number of hydrogen-bond acceptors (Lipinski definition) is 7. The summed E-state index contributed by atoms with van der Waals surface area (Å²) in [6, 6.07) is 9.88. The van der Waals surface area contributed by atoms with Gasteiger partial charge in [-0.2, -0.15) is 8.78 Å². The highest BCUT2D eigenvalue weighted by molar-refractivity contribution is 5.98. The number of nitrogens with two attached hydrogens (primary N) is 2. The van der Waals surface area contributed by atoms with E-state index in [0.717, 1.165) is 0 Å². The van der Waals surface area contributed by atoms with Crippen molar-refractivity contribution in [3.63, 3.8) is 0 Å². The van der Waals surface area contributed by atoms with Crippen LogP contribution in [0, 0.1) is 5.82 Å². The molecule has 0 aliphatic carbocycles. The van der Waals surface area contributed by atoms with Gasteiger partial charge in [0.25, 0.3) is 0 Å². The average Bonchev–Trinajstić information content (AvgIpc) is 3.04. The van der Waals surface area contributed by atoms with Gasteiger partial charge >= 0.3 is 6.61 Å². The number of nitrogens with one attached hydrogen (secondary N) is 1. The Balaban J connectivity index is 1.76. The summed E-state index contributed by atoms with van der Waals surface area (Å²) in [6.45, 7) is -2.80. The second-order valence-corrected chi connectivity index (χ2v) is 6.79. The number of alkyl halides is 2. The van der Waals surface area contributed by atoms with Gasteiger partial charge in [-0.3, -0.25) is 10.3 Å². The zero-order valence-electron chi connectivity index (χ0n) is 16.3. The Morgan fingerprint density at radius 2 is 1.94 bits per heavy atom. The van der Waals surface area contributed by atoms with Crippen molar-refractivity contribution in [2.75, 3.05) is 7.11 Å². The molecule has 1 unspecified atom stereocenters. The van der Waals surface area contributed by atoms with Crippen molar-refractivity contribution in [2.45, 2.75) is 19.0 Å². The van der Waals surface area contributed by atoms with Crippen LogP contribution in [0.25, 0.3) is 16.9 Å². The zero-order chi connectivity index (χ0) is 22.2. The third-order valence-electron chi connectivity index (χ3n) is 4.63. The van der Waals surface area contributed by atoms with Crippen LogP contribution in [-0.4, -0.2) is 29.1 Å². The van der Waals surface area contributed by atoms with E-state index in [9.17, 15) is 13.2 Å². The first-order valence-electron chi connectivity index (χ1n) is 9.15. The molecule has 0 spiro atoms. The summed E-state index contributed by atoms with van der Waals surface area (Å²) in [5.74, 6) is -1.01. The van der Waals surface area contributed by atoms with Crippen LogP contribution in [0.1, 0.15) is 11.4 Å². The minimum absolute atomic E-state index is 0.0238. The quantitative estimate of drug-likeness (QED) is 0.552. The Kier molecular flexibility index (Phi) is 5.29. The molecule has 1 atom stereocenters. The lowest BCUT2D eigenvalue weighted by Gasteiger charge is -2.33. The van der Waals surface area contributed by atoms with Gasteiger partial charge in [-0.1, -0.05) is 0 Å². The Morgan fingerprint density at radius 1 is 1.19 bits per heavy atom. The van der Waals surface area contributed by atoms with E-state index in [2.05, 4.69) is 20.0 Å². The molecule has 0 bridgehead atoms. The second kappa shape index (κ2) is 7.93. The molecule has 3 aromatic rings. The van der Waals surface area contributed by atoms with Crippen LogP contribution in [0.15, 0.2) is 53.5 Å². The second-order valence-electron chi connectivity index (χ2n) is 6.79. The monoisotopic (exact) mass is 432 g/mol. The average molecular weight is 432 g/mol. The maximum atomic E-state index is 14.0. The molecule has 0 amide bonds. The number of nitrogens with zero attached hydrogens (tertiary/aromatic N) is 3. The normalized spacial score (nSPS) is 18.6. The lowest BCUT2D eigenvalue weighted by Crippen LogP contribution is -2.52. The minimum Gasteiger partial charge on any atom is -0.435 e. The lowest BCUT2D eigenvalue weighted by atomic mass is 10.1. The van der Waals surface area contributed by atoms with Gasteiger partial charge in [0.2, 0.25) is 5.79 Å². The topological polar surface area (TPSA) is 113 Å². The number of halogens is 3. The Bertz CT molecular complexity index is 1180. The summed E-state index contributed by atoms with van der Waals surface area (Å²) in [5.41, 5.74) is 14.0. The number of aliphatic imine (C=N–C) groups is 1. The highest BCUT2D eigenvalue weighted by atomic mass is 19.3. The van der Waals surface area contributed by atoms with E-state index >= 15 is 0 Å². The van der Waals surface area contributed by atoms with E-state index in [-0.39, 0.29) is 18.2 Å². The predicted octanol–water partition coefficient (Wildman–Crippen LogP) is 2.45. The number of methoxy groups -OCH3 is 1. The van der Waals surface area contributed by atoms with Gasteiger partial charge in [0.1, 0.15) is 35.7 Å². The summed E-state index contributed by atoms with van der Waals surface area (Å²) in [5, 5.41) is 3.08. The molecule has 31 heavy (non-hydrogen) atoms. The number of amidine groups is 1. The molecule has 1 aliphatic rings. The smallest absolute Gasteiger partial charge is 0.387 e. The van der Waals surface area contributed by atoms with Crippen molar-refractivity contribution >= 4 is 22.7 Å². The molecule has 0 saturated heterocycles. The van der Waals surface area contributed by atoms with E-state index in [4.69, 9.17) is 16.2 Å². The summed E-state index contributed by atoms with van der Waals surface area (Å²) < 4.78 is 50.0. The van der Waals surface area contributed by atoms with Gasteiger partial charge in [0, 0.05) is 24.8 Å². The van der Waals surface area contributed by atoms with Crippen molar-refractivity contribution in [1.82, 2.24) is 14.9 Å². The standard InChI is InChI=1S/C20H19F3N6O2/c1-30-10-18-26-14-7-4-12(21)8-15(14)29(18)17-9-16(24)27-20(25,28-17)11-2-5-13(6-3-11)31-19(22)23/h2-9,19,28H,10,25H2,1H3,(H2,24,27). The van der Waals surface area contributed by atoms with Gasteiger partial charge in [-0.25, -0.2) is 14.4 Å². The number of benzene rings is 2. The van der Waals surface area contributed by atoms with Gasteiger partial charge in [-0.05, 0) is 36.4 Å². The van der Waals surface area contributed by atoms with E-state index in [1.54, 1.807) is 10.6 Å². The maximum absolute atomic E-state index is 14.0. The van der Waals surface area contributed by atoms with Gasteiger partial charge < -0.3 is 20.5 Å². The first kappa shape index (κ1) is 20.7.